The number of nitrogens with zero attached hydrogens (tertiary/aromatic N) is 1. The predicted molar refractivity (Wildman–Crippen MR) is 78.3 cm³/mol. The van der Waals surface area contributed by atoms with Crippen LogP contribution in [-0.4, -0.2) is 43.3 Å². The van der Waals surface area contributed by atoms with E-state index in [9.17, 15) is 4.79 Å². The Morgan fingerprint density at radius 1 is 1.35 bits per heavy atom. The highest BCUT2D eigenvalue weighted by Gasteiger charge is 2.29. The van der Waals surface area contributed by atoms with Crippen molar-refractivity contribution in [3.63, 3.8) is 0 Å². The molecule has 2 rings (SSSR count). The minimum Gasteiger partial charge on any atom is -0.496 e. The molecule has 1 aliphatic heterocycles. The van der Waals surface area contributed by atoms with E-state index in [0.717, 1.165) is 41.2 Å². The Kier molecular flexibility index (Phi) is 4.88. The fourth-order valence-electron chi connectivity index (χ4n) is 2.47. The Bertz CT molecular complexity index is 500. The van der Waals surface area contributed by atoms with Crippen molar-refractivity contribution in [2.45, 2.75) is 13.0 Å². The first-order valence-corrected chi connectivity index (χ1v) is 7.17. The molecule has 5 nitrogen and oxygen atoms in total. The maximum absolute atomic E-state index is 10.6. The quantitative estimate of drug-likeness (QED) is 0.859. The molecule has 1 aromatic rings. The van der Waals surface area contributed by atoms with E-state index in [0.29, 0.717) is 0 Å². The standard InChI is InChI=1S/C14H18BrNO4/c1-19-12-5-11(15)13(20-2)4-10(12)8-16-6-9(7-16)3-14(17)18/h4-5,9H,3,6-8H2,1-2H3,(H,17,18). The second-order valence-corrected chi connectivity index (χ2v) is 5.81. The van der Waals surface area contributed by atoms with Gasteiger partial charge in [-0.05, 0) is 34.0 Å². The second kappa shape index (κ2) is 6.45. The number of hydrogen-bond acceptors (Lipinski definition) is 4. The summed E-state index contributed by atoms with van der Waals surface area (Å²) in [6.07, 6.45) is 0.247. The number of likely N-dealkylation sites (tertiary alicyclic amines) is 1. The van der Waals surface area contributed by atoms with E-state index in [1.807, 2.05) is 12.1 Å². The molecule has 1 fully saturated rings. The molecule has 0 radical (unpaired) electrons. The Morgan fingerprint density at radius 2 is 2.00 bits per heavy atom. The van der Waals surface area contributed by atoms with E-state index in [-0.39, 0.29) is 12.3 Å². The molecule has 110 valence electrons. The fourth-order valence-corrected chi connectivity index (χ4v) is 2.95. The molecule has 1 N–H and O–H groups in total. The summed E-state index contributed by atoms with van der Waals surface area (Å²) in [6.45, 7) is 2.37. The number of aliphatic carboxylic acids is 1. The van der Waals surface area contributed by atoms with Crippen LogP contribution in [0.4, 0.5) is 0 Å². The topological polar surface area (TPSA) is 59.0 Å². The highest BCUT2D eigenvalue weighted by atomic mass is 79.9. The van der Waals surface area contributed by atoms with Crippen LogP contribution in [0.2, 0.25) is 0 Å². The number of hydrogen-bond donors (Lipinski definition) is 1. The van der Waals surface area contributed by atoms with Gasteiger partial charge in [-0.15, -0.1) is 0 Å². The molecule has 0 saturated carbocycles. The third-order valence-corrected chi connectivity index (χ3v) is 4.06. The molecule has 1 aromatic carbocycles. The summed E-state index contributed by atoms with van der Waals surface area (Å²) in [7, 11) is 3.27. The van der Waals surface area contributed by atoms with Gasteiger partial charge in [-0.1, -0.05) is 0 Å². The summed E-state index contributed by atoms with van der Waals surface area (Å²) in [5.74, 6) is 1.11. The summed E-state index contributed by atoms with van der Waals surface area (Å²) >= 11 is 3.43. The highest BCUT2D eigenvalue weighted by molar-refractivity contribution is 9.10. The predicted octanol–water partition coefficient (Wildman–Crippen LogP) is 2.37. The Balaban J connectivity index is 2.01. The van der Waals surface area contributed by atoms with Crippen molar-refractivity contribution in [2.24, 2.45) is 5.92 Å². The molecule has 0 unspecified atom stereocenters. The molecular weight excluding hydrogens is 326 g/mol. The Morgan fingerprint density at radius 3 is 2.55 bits per heavy atom. The molecule has 6 heteroatoms. The van der Waals surface area contributed by atoms with Crippen LogP contribution in [0, 0.1) is 5.92 Å². The number of methoxy groups -OCH3 is 2. The van der Waals surface area contributed by atoms with Crippen LogP contribution in [0.5, 0.6) is 11.5 Å². The molecule has 20 heavy (non-hydrogen) atoms. The summed E-state index contributed by atoms with van der Waals surface area (Å²) in [6, 6.07) is 3.84. The van der Waals surface area contributed by atoms with Gasteiger partial charge in [0.15, 0.2) is 0 Å². The number of halogens is 1. The van der Waals surface area contributed by atoms with Crippen LogP contribution in [-0.2, 0) is 11.3 Å². The van der Waals surface area contributed by atoms with Crippen molar-refractivity contribution in [2.75, 3.05) is 27.3 Å². The smallest absolute Gasteiger partial charge is 0.303 e. The van der Waals surface area contributed by atoms with Gasteiger partial charge in [-0.3, -0.25) is 9.69 Å². The first-order chi connectivity index (χ1) is 9.53. The third kappa shape index (κ3) is 3.43. The monoisotopic (exact) mass is 343 g/mol. The van der Waals surface area contributed by atoms with Gasteiger partial charge < -0.3 is 14.6 Å². The van der Waals surface area contributed by atoms with Crippen LogP contribution < -0.4 is 9.47 Å². The normalized spacial score (nSPS) is 15.8. The van der Waals surface area contributed by atoms with Gasteiger partial charge in [0.1, 0.15) is 11.5 Å². The zero-order chi connectivity index (χ0) is 14.7. The van der Waals surface area contributed by atoms with Gasteiger partial charge in [0.25, 0.3) is 0 Å². The first kappa shape index (κ1) is 15.1. The van der Waals surface area contributed by atoms with Crippen molar-refractivity contribution < 1.29 is 19.4 Å². The van der Waals surface area contributed by atoms with Crippen LogP contribution in [0.1, 0.15) is 12.0 Å². The molecule has 0 aromatic heterocycles. The van der Waals surface area contributed by atoms with E-state index < -0.39 is 5.97 Å². The minimum atomic E-state index is -0.724. The van der Waals surface area contributed by atoms with Crippen molar-refractivity contribution >= 4 is 21.9 Å². The number of carbonyl (C=O) groups is 1. The summed E-state index contributed by atoms with van der Waals surface area (Å²) in [4.78, 5) is 12.8. The van der Waals surface area contributed by atoms with Gasteiger partial charge >= 0.3 is 5.97 Å². The average Bonchev–Trinajstić information content (AvgIpc) is 2.36. The average molecular weight is 344 g/mol. The largest absolute Gasteiger partial charge is 0.496 e. The van der Waals surface area contributed by atoms with E-state index in [4.69, 9.17) is 14.6 Å². The Labute approximate surface area is 126 Å². The van der Waals surface area contributed by atoms with Crippen LogP contribution in [0.25, 0.3) is 0 Å². The van der Waals surface area contributed by atoms with Gasteiger partial charge in [-0.25, -0.2) is 0 Å². The Hall–Kier alpha value is -1.27. The van der Waals surface area contributed by atoms with Gasteiger partial charge in [0, 0.05) is 25.2 Å². The summed E-state index contributed by atoms with van der Waals surface area (Å²) < 4.78 is 11.5. The number of benzene rings is 1. The minimum absolute atomic E-state index is 0.247. The lowest BCUT2D eigenvalue weighted by atomic mass is 9.95. The first-order valence-electron chi connectivity index (χ1n) is 6.38. The van der Waals surface area contributed by atoms with E-state index in [1.54, 1.807) is 14.2 Å². The van der Waals surface area contributed by atoms with Gasteiger partial charge in [-0.2, -0.15) is 0 Å². The SMILES string of the molecule is COc1cc(CN2CC(CC(=O)O)C2)c(OC)cc1Br. The molecule has 0 atom stereocenters. The molecule has 0 aliphatic carbocycles. The zero-order valence-electron chi connectivity index (χ0n) is 11.6. The molecule has 0 bridgehead atoms. The van der Waals surface area contributed by atoms with Crippen LogP contribution >= 0.6 is 15.9 Å². The van der Waals surface area contributed by atoms with Crippen molar-refractivity contribution in [1.29, 1.82) is 0 Å². The van der Waals surface area contributed by atoms with E-state index in [1.165, 1.54) is 0 Å². The maximum Gasteiger partial charge on any atom is 0.303 e. The zero-order valence-corrected chi connectivity index (χ0v) is 13.1. The van der Waals surface area contributed by atoms with E-state index >= 15 is 0 Å². The number of carboxylic acid groups (broad SMARTS) is 1. The second-order valence-electron chi connectivity index (χ2n) is 4.96. The molecule has 1 heterocycles. The molecule has 0 amide bonds. The summed E-state index contributed by atoms with van der Waals surface area (Å²) in [5, 5.41) is 8.75. The number of ether oxygens (including phenoxy) is 2. The van der Waals surface area contributed by atoms with Crippen molar-refractivity contribution in [1.82, 2.24) is 4.90 Å². The van der Waals surface area contributed by atoms with Crippen molar-refractivity contribution in [3.05, 3.63) is 22.2 Å². The van der Waals surface area contributed by atoms with Gasteiger partial charge in [0.2, 0.25) is 0 Å². The lowest BCUT2D eigenvalue weighted by Crippen LogP contribution is -2.46. The molecular formula is C14H18BrNO4. The maximum atomic E-state index is 10.6. The lowest BCUT2D eigenvalue weighted by Gasteiger charge is -2.38. The third-order valence-electron chi connectivity index (χ3n) is 3.44. The number of carboxylic acids is 1. The van der Waals surface area contributed by atoms with Crippen LogP contribution in [0.3, 0.4) is 0 Å². The fraction of sp³-hybridized carbons (Fsp3) is 0.500. The lowest BCUT2D eigenvalue weighted by molar-refractivity contribution is -0.139. The molecule has 1 aliphatic rings. The van der Waals surface area contributed by atoms with Gasteiger partial charge in [0.05, 0.1) is 25.1 Å². The van der Waals surface area contributed by atoms with Crippen LogP contribution in [0.15, 0.2) is 16.6 Å². The number of rotatable bonds is 6. The summed E-state index contributed by atoms with van der Waals surface area (Å²) in [5.41, 5.74) is 1.04. The highest BCUT2D eigenvalue weighted by Crippen LogP contribution is 2.34. The molecule has 0 spiro atoms. The van der Waals surface area contributed by atoms with E-state index in [2.05, 4.69) is 20.8 Å². The van der Waals surface area contributed by atoms with Crippen molar-refractivity contribution in [3.8, 4) is 11.5 Å². The molecule has 1 saturated heterocycles.